The van der Waals surface area contributed by atoms with Gasteiger partial charge in [0, 0.05) is 12.3 Å². The van der Waals surface area contributed by atoms with Crippen LogP contribution < -0.4 is 10.5 Å². The number of nitrogens with zero attached hydrogens (tertiary/aromatic N) is 3. The Morgan fingerprint density at radius 3 is 2.83 bits per heavy atom. The summed E-state index contributed by atoms with van der Waals surface area (Å²) in [5.74, 6) is 1.32. The van der Waals surface area contributed by atoms with Crippen LogP contribution in [0.2, 0.25) is 5.02 Å². The van der Waals surface area contributed by atoms with Gasteiger partial charge in [-0.05, 0) is 13.8 Å². The number of nitrogens with two attached hydrogens (primary N) is 1. The molecule has 6 nitrogen and oxygen atoms in total. The largest absolute Gasteiger partial charge is 0.482 e. The minimum absolute atomic E-state index is 0.144. The van der Waals surface area contributed by atoms with E-state index >= 15 is 0 Å². The third kappa shape index (κ3) is 3.18. The van der Waals surface area contributed by atoms with Gasteiger partial charge in [0.25, 0.3) is 5.89 Å². The standard InChI is InChI=1S/C11H13ClN4O2/c1-11(2,13)10-15-9(18-16-10)6-17-8-3-7(12)4-14-5-8/h3-5H,6,13H2,1-2H3. The third-order valence-electron chi connectivity index (χ3n) is 2.09. The number of pyridine rings is 1. The Morgan fingerprint density at radius 2 is 2.22 bits per heavy atom. The molecular formula is C11H13ClN4O2. The first-order chi connectivity index (χ1) is 8.45. The zero-order valence-corrected chi connectivity index (χ0v) is 10.8. The number of hydrogen-bond acceptors (Lipinski definition) is 6. The molecule has 96 valence electrons. The van der Waals surface area contributed by atoms with Gasteiger partial charge in [0.2, 0.25) is 0 Å². The van der Waals surface area contributed by atoms with E-state index in [0.29, 0.717) is 22.5 Å². The maximum Gasteiger partial charge on any atom is 0.264 e. The number of ether oxygens (including phenoxy) is 1. The van der Waals surface area contributed by atoms with Crippen molar-refractivity contribution >= 4 is 11.6 Å². The quantitative estimate of drug-likeness (QED) is 0.911. The fourth-order valence-electron chi connectivity index (χ4n) is 1.19. The van der Waals surface area contributed by atoms with E-state index in [-0.39, 0.29) is 6.61 Å². The Kier molecular flexibility index (Phi) is 3.49. The van der Waals surface area contributed by atoms with Crippen LogP contribution in [0.1, 0.15) is 25.6 Å². The van der Waals surface area contributed by atoms with Crippen molar-refractivity contribution in [1.82, 2.24) is 15.1 Å². The second-order valence-corrected chi connectivity index (χ2v) is 4.80. The predicted molar refractivity (Wildman–Crippen MR) is 65.1 cm³/mol. The van der Waals surface area contributed by atoms with E-state index in [1.165, 1.54) is 6.20 Å². The average molecular weight is 269 g/mol. The summed E-state index contributed by atoms with van der Waals surface area (Å²) in [4.78, 5) is 8.04. The van der Waals surface area contributed by atoms with Gasteiger partial charge in [0.05, 0.1) is 16.8 Å². The monoisotopic (exact) mass is 268 g/mol. The summed E-state index contributed by atoms with van der Waals surface area (Å²) in [5.41, 5.74) is 5.20. The molecule has 0 amide bonds. The molecule has 0 saturated heterocycles. The molecule has 0 bridgehead atoms. The molecule has 2 N–H and O–H groups in total. The molecule has 0 aliphatic carbocycles. The van der Waals surface area contributed by atoms with E-state index in [0.717, 1.165) is 0 Å². The van der Waals surface area contributed by atoms with Crippen molar-refractivity contribution in [3.8, 4) is 5.75 Å². The molecule has 0 spiro atoms. The summed E-state index contributed by atoms with van der Waals surface area (Å²) < 4.78 is 10.4. The summed E-state index contributed by atoms with van der Waals surface area (Å²) in [6, 6.07) is 1.65. The first-order valence-corrected chi connectivity index (χ1v) is 5.68. The number of rotatable bonds is 4. The van der Waals surface area contributed by atoms with Crippen molar-refractivity contribution in [3.63, 3.8) is 0 Å². The van der Waals surface area contributed by atoms with Gasteiger partial charge >= 0.3 is 0 Å². The highest BCUT2D eigenvalue weighted by Crippen LogP contribution is 2.17. The molecule has 0 radical (unpaired) electrons. The highest BCUT2D eigenvalue weighted by Gasteiger charge is 2.21. The summed E-state index contributed by atoms with van der Waals surface area (Å²) in [7, 11) is 0. The Bertz CT molecular complexity index is 536. The van der Waals surface area contributed by atoms with Crippen molar-refractivity contribution in [1.29, 1.82) is 0 Å². The molecule has 0 aliphatic heterocycles. The molecule has 0 saturated carbocycles. The molecule has 7 heteroatoms. The Labute approximate surface area is 109 Å². The topological polar surface area (TPSA) is 87.1 Å². The molecule has 2 aromatic heterocycles. The van der Waals surface area contributed by atoms with Crippen molar-refractivity contribution < 1.29 is 9.26 Å². The highest BCUT2D eigenvalue weighted by atomic mass is 35.5. The molecule has 0 aromatic carbocycles. The first-order valence-electron chi connectivity index (χ1n) is 5.30. The van der Waals surface area contributed by atoms with E-state index in [9.17, 15) is 0 Å². The van der Waals surface area contributed by atoms with Crippen molar-refractivity contribution in [2.75, 3.05) is 0 Å². The lowest BCUT2D eigenvalue weighted by molar-refractivity contribution is 0.241. The van der Waals surface area contributed by atoms with Gasteiger partial charge in [-0.1, -0.05) is 16.8 Å². The van der Waals surface area contributed by atoms with Crippen LogP contribution >= 0.6 is 11.6 Å². The van der Waals surface area contributed by atoms with Gasteiger partial charge in [-0.15, -0.1) is 0 Å². The van der Waals surface area contributed by atoms with Crippen molar-refractivity contribution in [3.05, 3.63) is 35.2 Å². The van der Waals surface area contributed by atoms with Crippen LogP contribution in [0.25, 0.3) is 0 Å². The van der Waals surface area contributed by atoms with Crippen LogP contribution in [0.15, 0.2) is 23.0 Å². The summed E-state index contributed by atoms with van der Waals surface area (Å²) in [6.07, 6.45) is 3.08. The zero-order chi connectivity index (χ0) is 13.2. The van der Waals surface area contributed by atoms with Gasteiger partial charge in [-0.2, -0.15) is 4.98 Å². The van der Waals surface area contributed by atoms with Gasteiger partial charge in [-0.3, -0.25) is 4.98 Å². The summed E-state index contributed by atoms with van der Waals surface area (Å²) in [6.45, 7) is 3.73. The lowest BCUT2D eigenvalue weighted by Gasteiger charge is -2.11. The van der Waals surface area contributed by atoms with Gasteiger partial charge in [0.1, 0.15) is 5.75 Å². The molecule has 18 heavy (non-hydrogen) atoms. The fraction of sp³-hybridized carbons (Fsp3) is 0.364. The molecule has 2 heterocycles. The average Bonchev–Trinajstić information content (AvgIpc) is 2.74. The van der Waals surface area contributed by atoms with E-state index < -0.39 is 5.54 Å². The molecule has 0 aliphatic rings. The lowest BCUT2D eigenvalue weighted by Crippen LogP contribution is -2.30. The summed E-state index contributed by atoms with van der Waals surface area (Å²) >= 11 is 5.78. The normalized spacial score (nSPS) is 11.6. The number of halogens is 1. The second kappa shape index (κ2) is 4.91. The van der Waals surface area contributed by atoms with Crippen molar-refractivity contribution in [2.45, 2.75) is 26.0 Å². The van der Waals surface area contributed by atoms with Crippen LogP contribution in [-0.2, 0) is 12.1 Å². The Balaban J connectivity index is 2.01. The maximum atomic E-state index is 5.84. The van der Waals surface area contributed by atoms with E-state index in [1.54, 1.807) is 26.1 Å². The van der Waals surface area contributed by atoms with E-state index in [2.05, 4.69) is 15.1 Å². The lowest BCUT2D eigenvalue weighted by atomic mass is 10.1. The van der Waals surface area contributed by atoms with Crippen LogP contribution in [-0.4, -0.2) is 15.1 Å². The van der Waals surface area contributed by atoms with Gasteiger partial charge < -0.3 is 15.0 Å². The Hall–Kier alpha value is -1.66. The highest BCUT2D eigenvalue weighted by molar-refractivity contribution is 6.30. The molecule has 2 rings (SSSR count). The van der Waals surface area contributed by atoms with Crippen LogP contribution in [0.5, 0.6) is 5.75 Å². The smallest absolute Gasteiger partial charge is 0.264 e. The first kappa shape index (κ1) is 12.8. The van der Waals surface area contributed by atoms with Crippen LogP contribution in [0, 0.1) is 0 Å². The van der Waals surface area contributed by atoms with Crippen LogP contribution in [0.4, 0.5) is 0 Å². The van der Waals surface area contributed by atoms with Crippen molar-refractivity contribution in [2.24, 2.45) is 5.73 Å². The number of aromatic nitrogens is 3. The predicted octanol–water partition coefficient (Wildman–Crippen LogP) is 1.89. The molecule has 0 unspecified atom stereocenters. The molecule has 0 atom stereocenters. The van der Waals surface area contributed by atoms with E-state index in [4.69, 9.17) is 26.6 Å². The Morgan fingerprint density at radius 1 is 1.44 bits per heavy atom. The summed E-state index contributed by atoms with van der Waals surface area (Å²) in [5, 5.41) is 4.29. The molecule has 2 aromatic rings. The minimum atomic E-state index is -0.640. The van der Waals surface area contributed by atoms with Gasteiger partial charge in [-0.25, -0.2) is 0 Å². The molecule has 0 fully saturated rings. The molecular weight excluding hydrogens is 256 g/mol. The minimum Gasteiger partial charge on any atom is -0.482 e. The SMILES string of the molecule is CC(C)(N)c1noc(COc2cncc(Cl)c2)n1. The number of hydrogen-bond donors (Lipinski definition) is 1. The van der Waals surface area contributed by atoms with E-state index in [1.807, 2.05) is 0 Å². The van der Waals surface area contributed by atoms with Crippen LogP contribution in [0.3, 0.4) is 0 Å². The van der Waals surface area contributed by atoms with Gasteiger partial charge in [0.15, 0.2) is 12.4 Å². The zero-order valence-electron chi connectivity index (χ0n) is 10.1. The maximum absolute atomic E-state index is 5.84. The third-order valence-corrected chi connectivity index (χ3v) is 2.29. The fourth-order valence-corrected chi connectivity index (χ4v) is 1.36. The second-order valence-electron chi connectivity index (χ2n) is 4.36.